The number of hydrogen-bond acceptors (Lipinski definition) is 4. The van der Waals surface area contributed by atoms with Crippen LogP contribution in [0.25, 0.3) is 0 Å². The Labute approximate surface area is 102 Å². The lowest BCUT2D eigenvalue weighted by Crippen LogP contribution is -2.30. The predicted molar refractivity (Wildman–Crippen MR) is 65.9 cm³/mol. The van der Waals surface area contributed by atoms with Crippen LogP contribution in [-0.2, 0) is 4.74 Å². The van der Waals surface area contributed by atoms with Crippen molar-refractivity contribution in [3.8, 4) is 5.75 Å². The lowest BCUT2D eigenvalue weighted by Gasteiger charge is -2.22. The molecular formula is C13H20N2O2. The summed E-state index contributed by atoms with van der Waals surface area (Å²) in [5.41, 5.74) is 7.22. The highest BCUT2D eigenvalue weighted by Crippen LogP contribution is 2.39. The molecule has 94 valence electrons. The molecule has 2 N–H and O–H groups in total. The summed E-state index contributed by atoms with van der Waals surface area (Å²) < 4.78 is 10.9. The van der Waals surface area contributed by atoms with Gasteiger partial charge in [0.2, 0.25) is 0 Å². The van der Waals surface area contributed by atoms with E-state index in [-0.39, 0.29) is 12.1 Å². The fourth-order valence-electron chi connectivity index (χ4n) is 2.11. The largest absolute Gasteiger partial charge is 0.492 e. The smallest absolute Gasteiger partial charge is 0.137 e. The third kappa shape index (κ3) is 2.96. The molecule has 0 bridgehead atoms. The van der Waals surface area contributed by atoms with Crippen molar-refractivity contribution in [1.82, 2.24) is 4.98 Å². The molecule has 4 heteroatoms. The number of hydrogen-bond donors (Lipinski definition) is 1. The number of aromatic nitrogens is 1. The maximum atomic E-state index is 6.24. The van der Waals surface area contributed by atoms with Gasteiger partial charge < -0.3 is 15.2 Å². The minimum Gasteiger partial charge on any atom is -0.492 e. The zero-order chi connectivity index (χ0) is 12.3. The third-order valence-corrected chi connectivity index (χ3v) is 3.14. The van der Waals surface area contributed by atoms with Gasteiger partial charge in [-0.2, -0.15) is 0 Å². The van der Waals surface area contributed by atoms with E-state index in [0.717, 1.165) is 11.3 Å². The molecule has 1 aliphatic rings. The van der Waals surface area contributed by atoms with Crippen molar-refractivity contribution in [2.45, 2.75) is 31.9 Å². The Morgan fingerprint density at radius 1 is 1.47 bits per heavy atom. The number of pyridine rings is 1. The summed E-state index contributed by atoms with van der Waals surface area (Å²) in [6.07, 6.45) is 6.02. The molecule has 1 saturated carbocycles. The van der Waals surface area contributed by atoms with Crippen LogP contribution in [0.2, 0.25) is 0 Å². The lowest BCUT2D eigenvalue weighted by molar-refractivity contribution is 0.0622. The fourth-order valence-corrected chi connectivity index (χ4v) is 2.11. The number of nitrogens with two attached hydrogens (primary N) is 1. The molecule has 1 fully saturated rings. The number of nitrogens with zero attached hydrogens (tertiary/aromatic N) is 1. The predicted octanol–water partition coefficient (Wildman–Crippen LogP) is 1.91. The molecule has 17 heavy (non-hydrogen) atoms. The van der Waals surface area contributed by atoms with E-state index in [4.69, 9.17) is 15.2 Å². The number of ether oxygens (including phenoxy) is 2. The average molecular weight is 236 g/mol. The van der Waals surface area contributed by atoms with Crippen LogP contribution in [0, 0.1) is 5.92 Å². The monoisotopic (exact) mass is 236 g/mol. The van der Waals surface area contributed by atoms with Crippen LogP contribution in [0.5, 0.6) is 5.75 Å². The maximum absolute atomic E-state index is 6.24. The van der Waals surface area contributed by atoms with Crippen molar-refractivity contribution in [1.29, 1.82) is 0 Å². The normalized spacial score (nSPS) is 18.8. The van der Waals surface area contributed by atoms with E-state index in [2.05, 4.69) is 4.98 Å². The molecule has 2 unspecified atom stereocenters. The highest BCUT2D eigenvalue weighted by Gasteiger charge is 2.36. The van der Waals surface area contributed by atoms with E-state index in [1.165, 1.54) is 12.8 Å². The Morgan fingerprint density at radius 3 is 2.82 bits per heavy atom. The molecular weight excluding hydrogens is 216 g/mol. The SMILES string of the molecule is CCOc1cncc(C(N)C(OC)C2CC2)c1. The van der Waals surface area contributed by atoms with Gasteiger partial charge in [-0.3, -0.25) is 4.98 Å². The molecule has 1 aromatic heterocycles. The van der Waals surface area contributed by atoms with E-state index in [0.29, 0.717) is 12.5 Å². The van der Waals surface area contributed by atoms with E-state index in [1.54, 1.807) is 19.5 Å². The Bertz CT molecular complexity index is 366. The zero-order valence-corrected chi connectivity index (χ0v) is 10.4. The maximum Gasteiger partial charge on any atom is 0.137 e. The molecule has 1 heterocycles. The van der Waals surface area contributed by atoms with Gasteiger partial charge >= 0.3 is 0 Å². The zero-order valence-electron chi connectivity index (χ0n) is 10.4. The first-order valence-electron chi connectivity index (χ1n) is 6.12. The second kappa shape index (κ2) is 5.47. The number of methoxy groups -OCH3 is 1. The van der Waals surface area contributed by atoms with Crippen LogP contribution in [-0.4, -0.2) is 24.8 Å². The topological polar surface area (TPSA) is 57.4 Å². The summed E-state index contributed by atoms with van der Waals surface area (Å²) in [5, 5.41) is 0. The summed E-state index contributed by atoms with van der Waals surface area (Å²) in [4.78, 5) is 4.16. The van der Waals surface area contributed by atoms with Crippen molar-refractivity contribution in [3.05, 3.63) is 24.0 Å². The van der Waals surface area contributed by atoms with Gasteiger partial charge in [0.1, 0.15) is 5.75 Å². The molecule has 0 spiro atoms. The first-order chi connectivity index (χ1) is 8.26. The molecule has 0 aromatic carbocycles. The molecule has 0 radical (unpaired) electrons. The molecule has 2 rings (SSSR count). The second-order valence-corrected chi connectivity index (χ2v) is 4.45. The van der Waals surface area contributed by atoms with Gasteiger partial charge in [0.25, 0.3) is 0 Å². The van der Waals surface area contributed by atoms with E-state index in [1.807, 2.05) is 13.0 Å². The highest BCUT2D eigenvalue weighted by molar-refractivity contribution is 5.27. The molecule has 0 aliphatic heterocycles. The summed E-state index contributed by atoms with van der Waals surface area (Å²) >= 11 is 0. The van der Waals surface area contributed by atoms with Crippen LogP contribution < -0.4 is 10.5 Å². The van der Waals surface area contributed by atoms with Gasteiger partial charge in [-0.05, 0) is 37.3 Å². The molecule has 0 amide bonds. The standard InChI is InChI=1S/C13H20N2O2/c1-3-17-11-6-10(7-15-8-11)12(14)13(16-2)9-4-5-9/h6-9,12-13H,3-5,14H2,1-2H3. The van der Waals surface area contributed by atoms with Gasteiger partial charge in [0.05, 0.1) is 24.9 Å². The van der Waals surface area contributed by atoms with Crippen LogP contribution in [0.3, 0.4) is 0 Å². The van der Waals surface area contributed by atoms with Gasteiger partial charge in [-0.25, -0.2) is 0 Å². The summed E-state index contributed by atoms with van der Waals surface area (Å²) in [6.45, 7) is 2.59. The lowest BCUT2D eigenvalue weighted by atomic mass is 10.0. The molecule has 1 aliphatic carbocycles. The van der Waals surface area contributed by atoms with Gasteiger partial charge in [-0.15, -0.1) is 0 Å². The first-order valence-corrected chi connectivity index (χ1v) is 6.12. The molecule has 0 saturated heterocycles. The second-order valence-electron chi connectivity index (χ2n) is 4.45. The van der Waals surface area contributed by atoms with Crippen LogP contribution in [0.1, 0.15) is 31.4 Å². The highest BCUT2D eigenvalue weighted by atomic mass is 16.5. The summed E-state index contributed by atoms with van der Waals surface area (Å²) in [5.74, 6) is 1.37. The molecule has 1 aromatic rings. The quantitative estimate of drug-likeness (QED) is 0.819. The Balaban J connectivity index is 2.11. The Morgan fingerprint density at radius 2 is 2.24 bits per heavy atom. The molecule has 2 atom stereocenters. The van der Waals surface area contributed by atoms with Crippen molar-refractivity contribution < 1.29 is 9.47 Å². The van der Waals surface area contributed by atoms with Crippen molar-refractivity contribution in [3.63, 3.8) is 0 Å². The van der Waals surface area contributed by atoms with Crippen LogP contribution in [0.15, 0.2) is 18.5 Å². The Hall–Kier alpha value is -1.13. The van der Waals surface area contributed by atoms with E-state index < -0.39 is 0 Å². The van der Waals surface area contributed by atoms with Crippen molar-refractivity contribution in [2.75, 3.05) is 13.7 Å². The molecule has 4 nitrogen and oxygen atoms in total. The third-order valence-electron chi connectivity index (χ3n) is 3.14. The minimum atomic E-state index is -0.125. The van der Waals surface area contributed by atoms with Crippen LogP contribution in [0.4, 0.5) is 0 Å². The van der Waals surface area contributed by atoms with E-state index >= 15 is 0 Å². The van der Waals surface area contributed by atoms with Gasteiger partial charge in [0.15, 0.2) is 0 Å². The van der Waals surface area contributed by atoms with Crippen LogP contribution >= 0.6 is 0 Å². The first kappa shape index (κ1) is 12.3. The van der Waals surface area contributed by atoms with Crippen molar-refractivity contribution in [2.24, 2.45) is 11.7 Å². The van der Waals surface area contributed by atoms with Gasteiger partial charge in [-0.1, -0.05) is 0 Å². The Kier molecular flexibility index (Phi) is 3.97. The fraction of sp³-hybridized carbons (Fsp3) is 0.615. The number of rotatable bonds is 6. The average Bonchev–Trinajstić information content (AvgIpc) is 3.15. The van der Waals surface area contributed by atoms with Crippen molar-refractivity contribution >= 4 is 0 Å². The minimum absolute atomic E-state index is 0.0914. The summed E-state index contributed by atoms with van der Waals surface area (Å²) in [7, 11) is 1.72. The van der Waals surface area contributed by atoms with E-state index in [9.17, 15) is 0 Å². The van der Waals surface area contributed by atoms with Gasteiger partial charge in [0, 0.05) is 13.3 Å². The summed E-state index contributed by atoms with van der Waals surface area (Å²) in [6, 6.07) is 1.83.